The topological polar surface area (TPSA) is 35.2 Å². The molecule has 0 spiro atoms. The fourth-order valence-electron chi connectivity index (χ4n) is 2.94. The molecular formula is C18H29NO. The minimum atomic E-state index is 0.139. The Morgan fingerprint density at radius 1 is 1.30 bits per heavy atom. The van der Waals surface area contributed by atoms with E-state index in [1.54, 1.807) is 0 Å². The van der Waals surface area contributed by atoms with Crippen LogP contribution in [0.15, 0.2) is 18.2 Å². The maximum Gasteiger partial charge on any atom is 0.122 e. The van der Waals surface area contributed by atoms with Crippen molar-refractivity contribution >= 4 is 0 Å². The predicted molar refractivity (Wildman–Crippen MR) is 85.3 cm³/mol. The summed E-state index contributed by atoms with van der Waals surface area (Å²) in [5, 5.41) is 0. The van der Waals surface area contributed by atoms with Crippen LogP contribution in [0.1, 0.15) is 64.0 Å². The third kappa shape index (κ3) is 3.54. The largest absolute Gasteiger partial charge is 0.489 e. The smallest absolute Gasteiger partial charge is 0.122 e. The molecule has 1 aliphatic carbocycles. The quantitative estimate of drug-likeness (QED) is 0.887. The number of nitrogens with two attached hydrogens (primary N) is 1. The number of benzene rings is 1. The van der Waals surface area contributed by atoms with Gasteiger partial charge in [0.25, 0.3) is 0 Å². The summed E-state index contributed by atoms with van der Waals surface area (Å²) in [6, 6.07) is 6.70. The molecule has 2 N–H and O–H groups in total. The van der Waals surface area contributed by atoms with Gasteiger partial charge in [-0.2, -0.15) is 0 Å². The second-order valence-corrected chi connectivity index (χ2v) is 7.41. The molecule has 2 rings (SSSR count). The Labute approximate surface area is 123 Å². The molecule has 2 atom stereocenters. The maximum absolute atomic E-state index is 6.30. The third-order valence-electron chi connectivity index (χ3n) is 4.54. The molecule has 2 nitrogen and oxygen atoms in total. The summed E-state index contributed by atoms with van der Waals surface area (Å²) in [5.41, 5.74) is 9.14. The van der Waals surface area contributed by atoms with Gasteiger partial charge in [0.2, 0.25) is 0 Å². The first kappa shape index (κ1) is 15.4. The molecule has 112 valence electrons. The lowest BCUT2D eigenvalue weighted by atomic mass is 9.74. The molecule has 1 aromatic rings. The van der Waals surface area contributed by atoms with E-state index in [-0.39, 0.29) is 12.1 Å². The molecule has 0 aromatic heterocycles. The fraction of sp³-hybridized carbons (Fsp3) is 0.667. The second kappa shape index (κ2) is 5.77. The third-order valence-corrected chi connectivity index (χ3v) is 4.54. The van der Waals surface area contributed by atoms with Crippen molar-refractivity contribution in [2.75, 3.05) is 0 Å². The molecule has 0 amide bonds. The summed E-state index contributed by atoms with van der Waals surface area (Å²) < 4.78 is 6.30. The van der Waals surface area contributed by atoms with Gasteiger partial charge in [-0.25, -0.2) is 0 Å². The molecular weight excluding hydrogens is 246 g/mol. The van der Waals surface area contributed by atoms with E-state index in [1.807, 2.05) is 0 Å². The van der Waals surface area contributed by atoms with Crippen LogP contribution in [-0.4, -0.2) is 12.1 Å². The van der Waals surface area contributed by atoms with E-state index >= 15 is 0 Å². The highest BCUT2D eigenvalue weighted by atomic mass is 16.5. The lowest BCUT2D eigenvalue weighted by Crippen LogP contribution is -2.46. The summed E-state index contributed by atoms with van der Waals surface area (Å²) in [6.07, 6.45) is 3.43. The molecule has 1 aliphatic rings. The first-order valence-corrected chi connectivity index (χ1v) is 7.81. The summed E-state index contributed by atoms with van der Waals surface area (Å²) in [6.45, 7) is 11.2. The Kier molecular flexibility index (Phi) is 4.43. The van der Waals surface area contributed by atoms with Crippen LogP contribution >= 0.6 is 0 Å². The molecule has 0 heterocycles. The molecule has 2 heteroatoms. The fourth-order valence-corrected chi connectivity index (χ4v) is 2.94. The van der Waals surface area contributed by atoms with Crippen molar-refractivity contribution in [3.8, 4) is 5.75 Å². The zero-order valence-corrected chi connectivity index (χ0v) is 13.6. The average Bonchev–Trinajstić information content (AvgIpc) is 2.36. The Balaban J connectivity index is 2.18. The van der Waals surface area contributed by atoms with Crippen LogP contribution in [0.5, 0.6) is 5.75 Å². The predicted octanol–water partition coefficient (Wildman–Crippen LogP) is 4.40. The van der Waals surface area contributed by atoms with Gasteiger partial charge in [-0.15, -0.1) is 0 Å². The molecule has 0 bridgehead atoms. The van der Waals surface area contributed by atoms with Gasteiger partial charge in [-0.05, 0) is 54.7 Å². The lowest BCUT2D eigenvalue weighted by molar-refractivity contribution is 0.0663. The van der Waals surface area contributed by atoms with Gasteiger partial charge in [0, 0.05) is 6.04 Å². The summed E-state index contributed by atoms with van der Waals surface area (Å²) >= 11 is 0. The minimum Gasteiger partial charge on any atom is -0.489 e. The second-order valence-electron chi connectivity index (χ2n) is 7.41. The molecule has 1 fully saturated rings. The maximum atomic E-state index is 6.30. The first-order valence-electron chi connectivity index (χ1n) is 7.81. The Morgan fingerprint density at radius 3 is 2.65 bits per heavy atom. The van der Waals surface area contributed by atoms with E-state index in [0.29, 0.717) is 11.3 Å². The Bertz CT molecular complexity index is 464. The molecule has 2 unspecified atom stereocenters. The van der Waals surface area contributed by atoms with Crippen LogP contribution in [0.4, 0.5) is 0 Å². The standard InChI is InChI=1S/C18H29NO/c1-12(2)14-7-6-13(3)16(10-14)20-17-11-18(4,5)9-8-15(17)19/h6-7,10,12,15,17H,8-9,11,19H2,1-5H3. The highest BCUT2D eigenvalue weighted by molar-refractivity contribution is 5.38. The van der Waals surface area contributed by atoms with Crippen LogP contribution < -0.4 is 10.5 Å². The van der Waals surface area contributed by atoms with Crippen molar-refractivity contribution in [2.24, 2.45) is 11.1 Å². The van der Waals surface area contributed by atoms with E-state index in [1.165, 1.54) is 17.5 Å². The monoisotopic (exact) mass is 275 g/mol. The van der Waals surface area contributed by atoms with Crippen LogP contribution in [0.3, 0.4) is 0 Å². The van der Waals surface area contributed by atoms with Crippen LogP contribution in [-0.2, 0) is 0 Å². The van der Waals surface area contributed by atoms with Crippen molar-refractivity contribution in [1.29, 1.82) is 0 Å². The van der Waals surface area contributed by atoms with Crippen molar-refractivity contribution < 1.29 is 4.74 Å². The zero-order chi connectivity index (χ0) is 14.9. The number of hydrogen-bond donors (Lipinski definition) is 1. The lowest BCUT2D eigenvalue weighted by Gasteiger charge is -2.39. The highest BCUT2D eigenvalue weighted by Crippen LogP contribution is 2.37. The van der Waals surface area contributed by atoms with Crippen LogP contribution in [0.2, 0.25) is 0 Å². The van der Waals surface area contributed by atoms with Crippen LogP contribution in [0.25, 0.3) is 0 Å². The van der Waals surface area contributed by atoms with Crippen molar-refractivity contribution in [3.63, 3.8) is 0 Å². The number of ether oxygens (including phenoxy) is 1. The van der Waals surface area contributed by atoms with Gasteiger partial charge in [0.1, 0.15) is 11.9 Å². The molecule has 0 saturated heterocycles. The van der Waals surface area contributed by atoms with E-state index < -0.39 is 0 Å². The zero-order valence-electron chi connectivity index (χ0n) is 13.6. The van der Waals surface area contributed by atoms with Gasteiger partial charge in [0.15, 0.2) is 0 Å². The SMILES string of the molecule is Cc1ccc(C(C)C)cc1OC1CC(C)(C)CCC1N. The summed E-state index contributed by atoms with van der Waals surface area (Å²) in [5.74, 6) is 1.53. The molecule has 0 aliphatic heterocycles. The molecule has 1 saturated carbocycles. The van der Waals surface area contributed by atoms with Crippen molar-refractivity contribution in [1.82, 2.24) is 0 Å². The van der Waals surface area contributed by atoms with Crippen LogP contribution in [0, 0.1) is 12.3 Å². The molecule has 0 radical (unpaired) electrons. The molecule has 1 aromatic carbocycles. The van der Waals surface area contributed by atoms with E-state index in [9.17, 15) is 0 Å². The summed E-state index contributed by atoms with van der Waals surface area (Å²) in [7, 11) is 0. The normalized spacial score (nSPS) is 25.8. The van der Waals surface area contributed by atoms with Crippen molar-refractivity contribution in [3.05, 3.63) is 29.3 Å². The van der Waals surface area contributed by atoms with Gasteiger partial charge in [-0.1, -0.05) is 39.8 Å². The summed E-state index contributed by atoms with van der Waals surface area (Å²) in [4.78, 5) is 0. The Morgan fingerprint density at radius 2 is 2.00 bits per heavy atom. The minimum absolute atomic E-state index is 0.139. The van der Waals surface area contributed by atoms with Gasteiger partial charge < -0.3 is 10.5 Å². The number of hydrogen-bond acceptors (Lipinski definition) is 2. The van der Waals surface area contributed by atoms with E-state index in [4.69, 9.17) is 10.5 Å². The van der Waals surface area contributed by atoms with Crippen molar-refractivity contribution in [2.45, 2.75) is 71.9 Å². The van der Waals surface area contributed by atoms with Gasteiger partial charge >= 0.3 is 0 Å². The highest BCUT2D eigenvalue weighted by Gasteiger charge is 2.34. The number of rotatable bonds is 3. The van der Waals surface area contributed by atoms with Gasteiger partial charge in [-0.3, -0.25) is 0 Å². The average molecular weight is 275 g/mol. The molecule has 20 heavy (non-hydrogen) atoms. The van der Waals surface area contributed by atoms with Gasteiger partial charge in [0.05, 0.1) is 0 Å². The number of aryl methyl sites for hydroxylation is 1. The first-order chi connectivity index (χ1) is 9.28. The van der Waals surface area contributed by atoms with E-state index in [2.05, 4.69) is 52.8 Å². The Hall–Kier alpha value is -1.02. The van der Waals surface area contributed by atoms with E-state index in [0.717, 1.165) is 18.6 Å².